The molecule has 1 N–H and O–H groups in total. The van der Waals surface area contributed by atoms with Gasteiger partial charge in [0.05, 0.1) is 11.1 Å². The number of rotatable bonds is 2. The molecule has 0 amide bonds. The molecule has 4 rings (SSSR count). The highest BCUT2D eigenvalue weighted by atomic mass is 19.4. The van der Waals surface area contributed by atoms with Crippen LogP contribution in [0.5, 0.6) is 0 Å². The van der Waals surface area contributed by atoms with Crippen molar-refractivity contribution < 1.29 is 13.2 Å². The molecule has 3 heterocycles. The van der Waals surface area contributed by atoms with E-state index in [1.54, 1.807) is 6.20 Å². The number of hydrogen-bond acceptors (Lipinski definition) is 3. The van der Waals surface area contributed by atoms with E-state index in [0.29, 0.717) is 17.6 Å². The van der Waals surface area contributed by atoms with Crippen molar-refractivity contribution in [3.8, 4) is 0 Å². The highest BCUT2D eigenvalue weighted by Crippen LogP contribution is 2.34. The molecule has 0 saturated carbocycles. The summed E-state index contributed by atoms with van der Waals surface area (Å²) in [6, 6.07) is 6.56. The average molecular weight is 349 g/mol. The third-order valence-corrected chi connectivity index (χ3v) is 5.50. The Bertz CT molecular complexity index is 757. The topological polar surface area (TPSA) is 28.2 Å². The molecule has 2 saturated heterocycles. The monoisotopic (exact) mass is 349 g/mol. The molecular weight excluding hydrogens is 327 g/mol. The predicted molar refractivity (Wildman–Crippen MR) is 92.6 cm³/mol. The van der Waals surface area contributed by atoms with Crippen molar-refractivity contribution in [2.45, 2.75) is 50.4 Å². The van der Waals surface area contributed by atoms with Gasteiger partial charge in [-0.3, -0.25) is 9.88 Å². The van der Waals surface area contributed by atoms with Gasteiger partial charge in [-0.2, -0.15) is 13.2 Å². The Labute approximate surface area is 145 Å². The number of anilines is 1. The van der Waals surface area contributed by atoms with E-state index in [0.717, 1.165) is 49.1 Å². The van der Waals surface area contributed by atoms with Crippen LogP contribution in [0.4, 0.5) is 18.9 Å². The largest absolute Gasteiger partial charge is 0.416 e. The van der Waals surface area contributed by atoms with Crippen LogP contribution < -0.4 is 5.32 Å². The van der Waals surface area contributed by atoms with Gasteiger partial charge in [-0.15, -0.1) is 0 Å². The van der Waals surface area contributed by atoms with Gasteiger partial charge in [-0.05, 0) is 57.0 Å². The molecule has 6 heteroatoms. The molecule has 1 aromatic carbocycles. The number of piperidine rings is 2. The molecule has 2 aliphatic rings. The molecule has 2 atom stereocenters. The van der Waals surface area contributed by atoms with Crippen LogP contribution in [0.25, 0.3) is 10.9 Å². The third kappa shape index (κ3) is 3.32. The number of halogens is 3. The third-order valence-electron chi connectivity index (χ3n) is 5.50. The quantitative estimate of drug-likeness (QED) is 0.853. The molecule has 134 valence electrons. The second kappa shape index (κ2) is 6.48. The van der Waals surface area contributed by atoms with Gasteiger partial charge in [0.2, 0.25) is 0 Å². The first-order valence-electron chi connectivity index (χ1n) is 8.99. The molecule has 1 unspecified atom stereocenters. The maximum Gasteiger partial charge on any atom is 0.416 e. The van der Waals surface area contributed by atoms with Crippen LogP contribution in [0.15, 0.2) is 30.5 Å². The standard InChI is InChI=1S/C19H22F3N3/c20-19(21,22)13-6-7-14-15(8-9-23-17(14)12-13)24-16-4-3-11-25-10-2-1-5-18(16)25/h6-9,12,16,18H,1-5,10-11H2,(H,23,24)/t16-,18?/m0/s1. The SMILES string of the molecule is FC(F)(F)c1ccc2c(N[C@H]3CCCN4CCCCC34)ccnc2c1. The summed E-state index contributed by atoms with van der Waals surface area (Å²) in [7, 11) is 0. The summed E-state index contributed by atoms with van der Waals surface area (Å²) in [4.78, 5) is 6.71. The number of aromatic nitrogens is 1. The molecule has 2 aromatic rings. The maximum absolute atomic E-state index is 12.9. The molecule has 3 nitrogen and oxygen atoms in total. The molecule has 2 fully saturated rings. The van der Waals surface area contributed by atoms with E-state index < -0.39 is 11.7 Å². The van der Waals surface area contributed by atoms with Gasteiger partial charge in [0.1, 0.15) is 0 Å². The number of nitrogens with zero attached hydrogens (tertiary/aromatic N) is 2. The van der Waals surface area contributed by atoms with Gasteiger partial charge in [-0.25, -0.2) is 0 Å². The number of pyridine rings is 1. The van der Waals surface area contributed by atoms with E-state index in [4.69, 9.17) is 0 Å². The first-order chi connectivity index (χ1) is 12.0. The zero-order valence-electron chi connectivity index (χ0n) is 14.0. The summed E-state index contributed by atoms with van der Waals surface area (Å²) in [5.41, 5.74) is 0.619. The van der Waals surface area contributed by atoms with Gasteiger partial charge >= 0.3 is 6.18 Å². The molecular formula is C19H22F3N3. The Hall–Kier alpha value is -1.82. The first-order valence-corrected chi connectivity index (χ1v) is 8.99. The highest BCUT2D eigenvalue weighted by Gasteiger charge is 2.33. The lowest BCUT2D eigenvalue weighted by molar-refractivity contribution is -0.137. The van der Waals surface area contributed by atoms with Crippen LogP contribution in [0.3, 0.4) is 0 Å². The van der Waals surface area contributed by atoms with Crippen molar-refractivity contribution in [3.05, 3.63) is 36.0 Å². The van der Waals surface area contributed by atoms with Crippen LogP contribution in [0, 0.1) is 0 Å². The summed E-state index contributed by atoms with van der Waals surface area (Å²) >= 11 is 0. The van der Waals surface area contributed by atoms with Crippen molar-refractivity contribution in [1.82, 2.24) is 9.88 Å². The smallest absolute Gasteiger partial charge is 0.380 e. The lowest BCUT2D eigenvalue weighted by atomic mass is 9.88. The zero-order chi connectivity index (χ0) is 17.4. The summed E-state index contributed by atoms with van der Waals surface area (Å²) in [5, 5.41) is 4.37. The number of benzene rings is 1. The van der Waals surface area contributed by atoms with Crippen LogP contribution in [-0.4, -0.2) is 35.1 Å². The molecule has 0 spiro atoms. The fourth-order valence-corrected chi connectivity index (χ4v) is 4.28. The van der Waals surface area contributed by atoms with Crippen molar-refractivity contribution in [1.29, 1.82) is 0 Å². The maximum atomic E-state index is 12.9. The van der Waals surface area contributed by atoms with Crippen LogP contribution >= 0.6 is 0 Å². The molecule has 0 radical (unpaired) electrons. The predicted octanol–water partition coefficient (Wildman–Crippen LogP) is 4.68. The zero-order valence-corrected chi connectivity index (χ0v) is 14.0. The minimum Gasteiger partial charge on any atom is -0.380 e. The second-order valence-electron chi connectivity index (χ2n) is 7.08. The van der Waals surface area contributed by atoms with Gasteiger partial charge in [0.25, 0.3) is 0 Å². The Morgan fingerprint density at radius 1 is 1.04 bits per heavy atom. The molecule has 25 heavy (non-hydrogen) atoms. The summed E-state index contributed by atoms with van der Waals surface area (Å²) in [6.45, 7) is 2.32. The number of hydrogen-bond donors (Lipinski definition) is 1. The van der Waals surface area contributed by atoms with Gasteiger partial charge in [-0.1, -0.05) is 12.5 Å². The summed E-state index contributed by atoms with van der Waals surface area (Å²) < 4.78 is 38.8. The Morgan fingerprint density at radius 2 is 1.88 bits per heavy atom. The molecule has 0 aliphatic carbocycles. The second-order valence-corrected chi connectivity index (χ2v) is 7.08. The number of nitrogens with one attached hydrogen (secondary N) is 1. The van der Waals surface area contributed by atoms with Crippen LogP contribution in [0.1, 0.15) is 37.7 Å². The Balaban J connectivity index is 1.63. The lowest BCUT2D eigenvalue weighted by Gasteiger charge is -2.44. The van der Waals surface area contributed by atoms with Crippen molar-refractivity contribution in [2.24, 2.45) is 0 Å². The minimum absolute atomic E-state index is 0.349. The van der Waals surface area contributed by atoms with E-state index >= 15 is 0 Å². The molecule has 2 aliphatic heterocycles. The van der Waals surface area contributed by atoms with E-state index in [9.17, 15) is 13.2 Å². The molecule has 1 aromatic heterocycles. The Morgan fingerprint density at radius 3 is 2.72 bits per heavy atom. The lowest BCUT2D eigenvalue weighted by Crippen LogP contribution is -2.53. The highest BCUT2D eigenvalue weighted by molar-refractivity contribution is 5.91. The first kappa shape index (κ1) is 16.6. The average Bonchev–Trinajstić information content (AvgIpc) is 2.61. The number of alkyl halides is 3. The van der Waals surface area contributed by atoms with Crippen LogP contribution in [-0.2, 0) is 6.18 Å². The van der Waals surface area contributed by atoms with Gasteiger partial charge in [0, 0.05) is 29.4 Å². The van der Waals surface area contributed by atoms with Crippen molar-refractivity contribution >= 4 is 16.6 Å². The van der Waals surface area contributed by atoms with E-state index in [1.165, 1.54) is 25.3 Å². The minimum atomic E-state index is -4.34. The van der Waals surface area contributed by atoms with Gasteiger partial charge < -0.3 is 5.32 Å². The summed E-state index contributed by atoms with van der Waals surface area (Å²) in [5.74, 6) is 0. The Kier molecular flexibility index (Phi) is 4.31. The normalized spacial score (nSPS) is 24.9. The molecule has 0 bridgehead atoms. The number of fused-ring (bicyclic) bond motifs is 2. The van der Waals surface area contributed by atoms with Crippen molar-refractivity contribution in [2.75, 3.05) is 18.4 Å². The fraction of sp³-hybridized carbons (Fsp3) is 0.526. The van der Waals surface area contributed by atoms with Crippen molar-refractivity contribution in [3.63, 3.8) is 0 Å². The van der Waals surface area contributed by atoms with E-state index in [1.807, 2.05) is 6.07 Å². The fourth-order valence-electron chi connectivity index (χ4n) is 4.28. The summed E-state index contributed by atoms with van der Waals surface area (Å²) in [6.07, 6.45) is 3.23. The van der Waals surface area contributed by atoms with E-state index in [2.05, 4.69) is 15.2 Å². The van der Waals surface area contributed by atoms with Gasteiger partial charge in [0.15, 0.2) is 0 Å². The van der Waals surface area contributed by atoms with E-state index in [-0.39, 0.29) is 0 Å². The van der Waals surface area contributed by atoms with Crippen LogP contribution in [0.2, 0.25) is 0 Å².